The lowest BCUT2D eigenvalue weighted by atomic mass is 10.2. The van der Waals surface area contributed by atoms with E-state index in [0.717, 1.165) is 11.3 Å². The minimum atomic E-state index is -0.627. The number of anilines is 2. The Morgan fingerprint density at radius 2 is 1.35 bits per heavy atom. The molecule has 0 bridgehead atoms. The number of methoxy groups -OCH3 is 1. The smallest absolute Gasteiger partial charge is 0.306 e. The normalized spacial score (nSPS) is 10.2. The lowest BCUT2D eigenvalue weighted by Crippen LogP contribution is -2.22. The predicted molar refractivity (Wildman–Crippen MR) is 128 cm³/mol. The third-order valence-electron chi connectivity index (χ3n) is 4.77. The van der Waals surface area contributed by atoms with Crippen LogP contribution in [0.1, 0.15) is 18.4 Å². The van der Waals surface area contributed by atoms with Gasteiger partial charge in [0.25, 0.3) is 5.91 Å². The van der Waals surface area contributed by atoms with E-state index in [9.17, 15) is 14.4 Å². The van der Waals surface area contributed by atoms with Crippen molar-refractivity contribution in [1.82, 2.24) is 0 Å². The average Bonchev–Trinajstić information content (AvgIpc) is 2.84. The van der Waals surface area contributed by atoms with Crippen LogP contribution in [0.4, 0.5) is 11.4 Å². The largest absolute Gasteiger partial charge is 0.497 e. The zero-order valence-corrected chi connectivity index (χ0v) is 19.0. The van der Waals surface area contributed by atoms with E-state index < -0.39 is 18.5 Å². The molecule has 3 aromatic rings. The Balaban J connectivity index is 1.37. The monoisotopic (exact) mass is 462 g/mol. The lowest BCUT2D eigenvalue weighted by molar-refractivity contribution is -0.147. The van der Waals surface area contributed by atoms with Gasteiger partial charge in [-0.1, -0.05) is 18.2 Å². The second-order valence-electron chi connectivity index (χ2n) is 7.37. The Labute approximate surface area is 197 Å². The van der Waals surface area contributed by atoms with Crippen molar-refractivity contribution in [3.05, 3.63) is 78.4 Å². The number of para-hydroxylation sites is 1. The SMILES string of the molecule is COc1ccc(Oc2ccc(NC(=O)CCC(=O)OCC(=O)Nc3ccccc3C)cc2)cc1. The fourth-order valence-electron chi connectivity index (χ4n) is 2.94. The first-order valence-electron chi connectivity index (χ1n) is 10.7. The number of carbonyl (C=O) groups excluding carboxylic acids is 3. The van der Waals surface area contributed by atoms with Crippen molar-refractivity contribution >= 4 is 29.2 Å². The van der Waals surface area contributed by atoms with Crippen LogP contribution in [-0.2, 0) is 19.1 Å². The Hall–Kier alpha value is -4.33. The van der Waals surface area contributed by atoms with Crippen LogP contribution in [0.25, 0.3) is 0 Å². The number of carbonyl (C=O) groups is 3. The molecule has 0 saturated carbocycles. The minimum absolute atomic E-state index is 0.0671. The summed E-state index contributed by atoms with van der Waals surface area (Å²) >= 11 is 0. The summed E-state index contributed by atoms with van der Waals surface area (Å²) in [6, 6.07) is 21.3. The maximum absolute atomic E-state index is 12.1. The first-order valence-corrected chi connectivity index (χ1v) is 10.7. The Kier molecular flexibility index (Phi) is 8.62. The molecule has 0 spiro atoms. The van der Waals surface area contributed by atoms with E-state index in [1.807, 2.05) is 19.1 Å². The summed E-state index contributed by atoms with van der Waals surface area (Å²) in [6.45, 7) is 1.45. The van der Waals surface area contributed by atoms with Crippen molar-refractivity contribution in [3.63, 3.8) is 0 Å². The second-order valence-corrected chi connectivity index (χ2v) is 7.37. The molecule has 0 unspecified atom stereocenters. The molecule has 0 aliphatic rings. The van der Waals surface area contributed by atoms with Gasteiger partial charge in [0.1, 0.15) is 17.2 Å². The lowest BCUT2D eigenvalue weighted by Gasteiger charge is -2.09. The molecule has 0 radical (unpaired) electrons. The highest BCUT2D eigenvalue weighted by molar-refractivity contribution is 5.94. The molecule has 0 aliphatic carbocycles. The van der Waals surface area contributed by atoms with Crippen LogP contribution in [0, 0.1) is 6.92 Å². The van der Waals surface area contributed by atoms with Crippen LogP contribution in [0.15, 0.2) is 72.8 Å². The molecule has 0 aromatic heterocycles. The van der Waals surface area contributed by atoms with Crippen molar-refractivity contribution in [3.8, 4) is 17.2 Å². The molecule has 0 atom stereocenters. The van der Waals surface area contributed by atoms with Crippen LogP contribution in [0.5, 0.6) is 17.2 Å². The van der Waals surface area contributed by atoms with Gasteiger partial charge in [-0.3, -0.25) is 14.4 Å². The molecule has 176 valence electrons. The van der Waals surface area contributed by atoms with Crippen LogP contribution in [0.3, 0.4) is 0 Å². The molecule has 34 heavy (non-hydrogen) atoms. The highest BCUT2D eigenvalue weighted by Crippen LogP contribution is 2.25. The molecular weight excluding hydrogens is 436 g/mol. The van der Waals surface area contributed by atoms with Gasteiger partial charge in [-0.25, -0.2) is 0 Å². The Bertz CT molecular complexity index is 1130. The van der Waals surface area contributed by atoms with Gasteiger partial charge in [0.05, 0.1) is 13.5 Å². The number of aryl methyl sites for hydroxylation is 1. The first kappa shape index (κ1) is 24.3. The van der Waals surface area contributed by atoms with E-state index in [1.165, 1.54) is 0 Å². The number of ether oxygens (including phenoxy) is 3. The molecule has 0 heterocycles. The predicted octanol–water partition coefficient (Wildman–Crippen LogP) is 4.70. The summed E-state index contributed by atoms with van der Waals surface area (Å²) in [5, 5.41) is 5.39. The van der Waals surface area contributed by atoms with E-state index in [4.69, 9.17) is 14.2 Å². The van der Waals surface area contributed by atoms with Crippen molar-refractivity contribution < 1.29 is 28.6 Å². The first-order chi connectivity index (χ1) is 16.4. The van der Waals surface area contributed by atoms with Crippen molar-refractivity contribution in [2.45, 2.75) is 19.8 Å². The Morgan fingerprint density at radius 1 is 0.735 bits per heavy atom. The molecule has 3 rings (SSSR count). The van der Waals surface area contributed by atoms with E-state index in [0.29, 0.717) is 22.9 Å². The zero-order chi connectivity index (χ0) is 24.3. The van der Waals surface area contributed by atoms with Crippen LogP contribution in [-0.4, -0.2) is 31.5 Å². The molecule has 2 amide bonds. The minimum Gasteiger partial charge on any atom is -0.497 e. The van der Waals surface area contributed by atoms with Gasteiger partial charge in [-0.15, -0.1) is 0 Å². The van der Waals surface area contributed by atoms with Gasteiger partial charge in [0, 0.05) is 17.8 Å². The number of esters is 1. The van der Waals surface area contributed by atoms with Crippen LogP contribution < -0.4 is 20.1 Å². The van der Waals surface area contributed by atoms with E-state index in [1.54, 1.807) is 67.8 Å². The topological polar surface area (TPSA) is 103 Å². The summed E-state index contributed by atoms with van der Waals surface area (Å²) < 4.78 is 15.8. The van der Waals surface area contributed by atoms with Gasteiger partial charge in [0.2, 0.25) is 5.91 Å². The summed E-state index contributed by atoms with van der Waals surface area (Å²) in [4.78, 5) is 35.9. The fourth-order valence-corrected chi connectivity index (χ4v) is 2.94. The molecule has 8 nitrogen and oxygen atoms in total. The third-order valence-corrected chi connectivity index (χ3v) is 4.77. The number of hydrogen-bond donors (Lipinski definition) is 2. The van der Waals surface area contributed by atoms with Gasteiger partial charge >= 0.3 is 5.97 Å². The molecule has 0 saturated heterocycles. The summed E-state index contributed by atoms with van der Waals surface area (Å²) in [5.74, 6) is 0.590. The van der Waals surface area contributed by atoms with E-state index in [-0.39, 0.29) is 18.7 Å². The second kappa shape index (κ2) is 12.1. The molecule has 3 aromatic carbocycles. The summed E-state index contributed by atoms with van der Waals surface area (Å²) in [6.07, 6.45) is -0.204. The van der Waals surface area contributed by atoms with Gasteiger partial charge < -0.3 is 24.8 Å². The third kappa shape index (κ3) is 7.67. The quantitative estimate of drug-likeness (QED) is 0.424. The van der Waals surface area contributed by atoms with Crippen molar-refractivity contribution in [2.24, 2.45) is 0 Å². The van der Waals surface area contributed by atoms with Crippen LogP contribution in [0.2, 0.25) is 0 Å². The highest BCUT2D eigenvalue weighted by Gasteiger charge is 2.12. The van der Waals surface area contributed by atoms with E-state index in [2.05, 4.69) is 10.6 Å². The number of hydrogen-bond acceptors (Lipinski definition) is 6. The van der Waals surface area contributed by atoms with Crippen molar-refractivity contribution in [2.75, 3.05) is 24.4 Å². The van der Waals surface area contributed by atoms with Gasteiger partial charge in [0.15, 0.2) is 6.61 Å². The maximum Gasteiger partial charge on any atom is 0.306 e. The molecule has 2 N–H and O–H groups in total. The Morgan fingerprint density at radius 3 is 2.00 bits per heavy atom. The number of nitrogens with one attached hydrogen (secondary N) is 2. The fraction of sp³-hybridized carbons (Fsp3) is 0.192. The summed E-state index contributed by atoms with van der Waals surface area (Å²) in [5.41, 5.74) is 2.13. The van der Waals surface area contributed by atoms with Gasteiger partial charge in [-0.2, -0.15) is 0 Å². The molecule has 8 heteroatoms. The molecule has 0 fully saturated rings. The summed E-state index contributed by atoms with van der Waals surface area (Å²) in [7, 11) is 1.60. The average molecular weight is 463 g/mol. The number of benzene rings is 3. The highest BCUT2D eigenvalue weighted by atomic mass is 16.5. The number of rotatable bonds is 10. The standard InChI is InChI=1S/C26H26N2O6/c1-18-5-3-4-6-23(18)28-25(30)17-33-26(31)16-15-24(29)27-19-7-9-21(10-8-19)34-22-13-11-20(32-2)12-14-22/h3-14H,15-17H2,1-2H3,(H,27,29)(H,28,30). The maximum atomic E-state index is 12.1. The van der Waals surface area contributed by atoms with Crippen molar-refractivity contribution in [1.29, 1.82) is 0 Å². The number of amides is 2. The van der Waals surface area contributed by atoms with Gasteiger partial charge in [-0.05, 0) is 67.1 Å². The molecule has 0 aliphatic heterocycles. The van der Waals surface area contributed by atoms with Crippen LogP contribution >= 0.6 is 0 Å². The molecular formula is C26H26N2O6. The van der Waals surface area contributed by atoms with E-state index >= 15 is 0 Å². The zero-order valence-electron chi connectivity index (χ0n) is 19.0.